The molecule has 2 N–H and O–H groups in total. The molecular weight excluding hydrogens is 318 g/mol. The van der Waals surface area contributed by atoms with E-state index in [4.69, 9.17) is 4.74 Å². The number of aryl methyl sites for hydroxylation is 1. The Kier molecular flexibility index (Phi) is 3.65. The SMILES string of the molecule is Cc1ccc2c(c1)OCC(=O)N2CC(=O)Nc1ccc2[nH]ccc2c1. The van der Waals surface area contributed by atoms with Gasteiger partial charge in [0.1, 0.15) is 12.3 Å². The maximum atomic E-state index is 12.4. The lowest BCUT2D eigenvalue weighted by atomic mass is 10.1. The van der Waals surface area contributed by atoms with Crippen LogP contribution in [-0.2, 0) is 9.59 Å². The summed E-state index contributed by atoms with van der Waals surface area (Å²) in [5, 5.41) is 3.86. The quantitative estimate of drug-likeness (QED) is 0.773. The van der Waals surface area contributed by atoms with Crippen LogP contribution in [0.2, 0.25) is 0 Å². The first-order valence-corrected chi connectivity index (χ1v) is 8.01. The van der Waals surface area contributed by atoms with Gasteiger partial charge in [-0.05, 0) is 48.9 Å². The third kappa shape index (κ3) is 2.94. The van der Waals surface area contributed by atoms with Crippen LogP contribution in [-0.4, -0.2) is 29.9 Å². The first-order valence-electron chi connectivity index (χ1n) is 8.01. The minimum absolute atomic E-state index is 0.0522. The number of carbonyl (C=O) groups excluding carboxylic acids is 2. The molecule has 25 heavy (non-hydrogen) atoms. The lowest BCUT2D eigenvalue weighted by Crippen LogP contribution is -2.43. The number of ether oxygens (including phenoxy) is 1. The summed E-state index contributed by atoms with van der Waals surface area (Å²) in [6.45, 7) is 1.84. The maximum absolute atomic E-state index is 12.4. The molecule has 0 atom stereocenters. The van der Waals surface area contributed by atoms with Crippen molar-refractivity contribution in [1.82, 2.24) is 4.98 Å². The van der Waals surface area contributed by atoms with E-state index in [0.29, 0.717) is 17.1 Å². The molecular formula is C19H17N3O3. The number of nitrogens with zero attached hydrogens (tertiary/aromatic N) is 1. The largest absolute Gasteiger partial charge is 0.482 e. The van der Waals surface area contributed by atoms with E-state index in [1.807, 2.05) is 49.5 Å². The van der Waals surface area contributed by atoms with Crippen molar-refractivity contribution in [2.24, 2.45) is 0 Å². The van der Waals surface area contributed by atoms with Crippen LogP contribution < -0.4 is 15.0 Å². The molecule has 0 fully saturated rings. The summed E-state index contributed by atoms with van der Waals surface area (Å²) in [4.78, 5) is 29.2. The van der Waals surface area contributed by atoms with Crippen molar-refractivity contribution in [3.8, 4) is 5.75 Å². The number of carbonyl (C=O) groups is 2. The van der Waals surface area contributed by atoms with Gasteiger partial charge in [-0.3, -0.25) is 14.5 Å². The number of aromatic nitrogens is 1. The molecule has 2 heterocycles. The molecule has 0 unspecified atom stereocenters. The third-order valence-electron chi connectivity index (χ3n) is 4.20. The number of hydrogen-bond donors (Lipinski definition) is 2. The number of hydrogen-bond acceptors (Lipinski definition) is 3. The van der Waals surface area contributed by atoms with Gasteiger partial charge in [0, 0.05) is 22.8 Å². The number of nitrogens with one attached hydrogen (secondary N) is 2. The van der Waals surface area contributed by atoms with Gasteiger partial charge in [-0.1, -0.05) is 6.07 Å². The van der Waals surface area contributed by atoms with Crippen molar-refractivity contribution in [3.05, 3.63) is 54.2 Å². The van der Waals surface area contributed by atoms with Gasteiger partial charge in [0.2, 0.25) is 5.91 Å². The van der Waals surface area contributed by atoms with Crippen molar-refractivity contribution in [3.63, 3.8) is 0 Å². The average Bonchev–Trinajstić information content (AvgIpc) is 3.05. The maximum Gasteiger partial charge on any atom is 0.265 e. The monoisotopic (exact) mass is 335 g/mol. The summed E-state index contributed by atoms with van der Waals surface area (Å²) in [5.41, 5.74) is 3.36. The molecule has 3 aromatic rings. The van der Waals surface area contributed by atoms with Crippen molar-refractivity contribution in [1.29, 1.82) is 0 Å². The molecule has 2 amide bonds. The van der Waals surface area contributed by atoms with Gasteiger partial charge in [0.15, 0.2) is 6.61 Å². The Hall–Kier alpha value is -3.28. The molecule has 0 saturated heterocycles. The zero-order valence-electron chi connectivity index (χ0n) is 13.7. The van der Waals surface area contributed by atoms with Crippen molar-refractivity contribution in [2.75, 3.05) is 23.4 Å². The number of anilines is 2. The van der Waals surface area contributed by atoms with Crippen LogP contribution >= 0.6 is 0 Å². The fourth-order valence-electron chi connectivity index (χ4n) is 2.96. The van der Waals surface area contributed by atoms with Gasteiger partial charge in [-0.15, -0.1) is 0 Å². The number of H-pyrrole nitrogens is 1. The van der Waals surface area contributed by atoms with Gasteiger partial charge in [0.05, 0.1) is 5.69 Å². The number of rotatable bonds is 3. The highest BCUT2D eigenvalue weighted by Gasteiger charge is 2.27. The molecule has 0 bridgehead atoms. The number of amides is 2. The average molecular weight is 335 g/mol. The highest BCUT2D eigenvalue weighted by atomic mass is 16.5. The van der Waals surface area contributed by atoms with E-state index in [9.17, 15) is 9.59 Å². The van der Waals surface area contributed by atoms with Gasteiger partial charge < -0.3 is 15.0 Å². The number of aromatic amines is 1. The van der Waals surface area contributed by atoms with E-state index < -0.39 is 0 Å². The smallest absolute Gasteiger partial charge is 0.265 e. The number of fused-ring (bicyclic) bond motifs is 2. The zero-order chi connectivity index (χ0) is 17.4. The van der Waals surface area contributed by atoms with Crippen molar-refractivity contribution < 1.29 is 14.3 Å². The van der Waals surface area contributed by atoms with E-state index in [-0.39, 0.29) is 25.0 Å². The summed E-state index contributed by atoms with van der Waals surface area (Å²) in [7, 11) is 0. The van der Waals surface area contributed by atoms with Crippen molar-refractivity contribution in [2.45, 2.75) is 6.92 Å². The van der Waals surface area contributed by atoms with E-state index in [2.05, 4.69) is 10.3 Å². The normalized spacial score (nSPS) is 13.5. The van der Waals surface area contributed by atoms with Crippen molar-refractivity contribution >= 4 is 34.1 Å². The highest BCUT2D eigenvalue weighted by molar-refractivity contribution is 6.05. The Morgan fingerprint density at radius 1 is 1.24 bits per heavy atom. The Morgan fingerprint density at radius 3 is 3.00 bits per heavy atom. The standard InChI is InChI=1S/C19H17N3O3/c1-12-2-5-16-17(8-12)25-11-19(24)22(16)10-18(23)21-14-3-4-15-13(9-14)6-7-20-15/h2-9,20H,10-11H2,1H3,(H,21,23). The molecule has 1 aliphatic rings. The Morgan fingerprint density at radius 2 is 2.12 bits per heavy atom. The van der Waals surface area contributed by atoms with Crippen LogP contribution in [0.5, 0.6) is 5.75 Å². The highest BCUT2D eigenvalue weighted by Crippen LogP contribution is 2.32. The molecule has 6 nitrogen and oxygen atoms in total. The Labute approximate surface area is 144 Å². The minimum atomic E-state index is -0.253. The predicted octanol–water partition coefficient (Wildman–Crippen LogP) is 2.84. The third-order valence-corrected chi connectivity index (χ3v) is 4.20. The summed E-state index contributed by atoms with van der Waals surface area (Å²) in [5.74, 6) is 0.144. The number of benzene rings is 2. The Balaban J connectivity index is 1.53. The molecule has 6 heteroatoms. The van der Waals surface area contributed by atoms with Gasteiger partial charge >= 0.3 is 0 Å². The fraction of sp³-hybridized carbons (Fsp3) is 0.158. The first kappa shape index (κ1) is 15.3. The summed E-state index contributed by atoms with van der Waals surface area (Å²) in [6, 6.07) is 13.1. The molecule has 0 aliphatic carbocycles. The topological polar surface area (TPSA) is 74.4 Å². The Bertz CT molecular complexity index is 977. The molecule has 1 aromatic heterocycles. The van der Waals surface area contributed by atoms with Gasteiger partial charge in [-0.2, -0.15) is 0 Å². The van der Waals surface area contributed by atoms with Crippen LogP contribution in [0.4, 0.5) is 11.4 Å². The minimum Gasteiger partial charge on any atom is -0.482 e. The fourth-order valence-corrected chi connectivity index (χ4v) is 2.96. The molecule has 1 aliphatic heterocycles. The zero-order valence-corrected chi connectivity index (χ0v) is 13.7. The van der Waals surface area contributed by atoms with Crippen LogP contribution in [0.1, 0.15) is 5.56 Å². The van der Waals surface area contributed by atoms with E-state index in [1.54, 1.807) is 6.07 Å². The second kappa shape index (κ2) is 5.98. The van der Waals surface area contributed by atoms with Gasteiger partial charge in [-0.25, -0.2) is 0 Å². The lowest BCUT2D eigenvalue weighted by molar-refractivity contribution is -0.123. The predicted molar refractivity (Wildman–Crippen MR) is 96.0 cm³/mol. The van der Waals surface area contributed by atoms with Crippen LogP contribution in [0.15, 0.2) is 48.7 Å². The van der Waals surface area contributed by atoms with Gasteiger partial charge in [0.25, 0.3) is 5.91 Å². The molecule has 0 radical (unpaired) electrons. The molecule has 2 aromatic carbocycles. The van der Waals surface area contributed by atoms with Crippen LogP contribution in [0, 0.1) is 6.92 Å². The summed E-state index contributed by atoms with van der Waals surface area (Å²) in [6.07, 6.45) is 1.85. The molecule has 0 saturated carbocycles. The second-order valence-corrected chi connectivity index (χ2v) is 6.07. The van der Waals surface area contributed by atoms with Crippen LogP contribution in [0.25, 0.3) is 10.9 Å². The van der Waals surface area contributed by atoms with E-state index in [0.717, 1.165) is 16.5 Å². The molecule has 126 valence electrons. The molecule has 4 rings (SSSR count). The first-order chi connectivity index (χ1) is 12.1. The lowest BCUT2D eigenvalue weighted by Gasteiger charge is -2.29. The van der Waals surface area contributed by atoms with Crippen LogP contribution in [0.3, 0.4) is 0 Å². The van der Waals surface area contributed by atoms with E-state index in [1.165, 1.54) is 4.90 Å². The van der Waals surface area contributed by atoms with E-state index >= 15 is 0 Å². The second-order valence-electron chi connectivity index (χ2n) is 6.07. The summed E-state index contributed by atoms with van der Waals surface area (Å²) >= 11 is 0. The summed E-state index contributed by atoms with van der Waals surface area (Å²) < 4.78 is 5.46. The molecule has 0 spiro atoms.